The molecular weight excluding hydrogens is 224 g/mol. The minimum atomic E-state index is -0.826. The topological polar surface area (TPSA) is 23.8 Å². The second kappa shape index (κ2) is 6.54. The summed E-state index contributed by atoms with van der Waals surface area (Å²) in [6.45, 7) is 5.56. The van der Waals surface area contributed by atoms with Crippen molar-refractivity contribution in [2.75, 3.05) is 0 Å². The molecule has 0 amide bonds. The van der Waals surface area contributed by atoms with Crippen molar-refractivity contribution in [1.29, 1.82) is 0 Å². The minimum absolute atomic E-state index is 0.250. The molecule has 0 saturated heterocycles. The zero-order valence-electron chi connectivity index (χ0n) is 5.26. The van der Waals surface area contributed by atoms with E-state index in [0.29, 0.717) is 0 Å². The molecule has 0 aromatic carbocycles. The maximum absolute atomic E-state index is 6.94. The van der Waals surface area contributed by atoms with Crippen LogP contribution >= 0.6 is 17.0 Å². The van der Waals surface area contributed by atoms with E-state index in [1.54, 1.807) is 0 Å². The van der Waals surface area contributed by atoms with Crippen LogP contribution < -0.4 is 0 Å². The summed E-state index contributed by atoms with van der Waals surface area (Å²) in [5.41, 5.74) is 6.69. The fourth-order valence-corrected chi connectivity index (χ4v) is 0. The summed E-state index contributed by atoms with van der Waals surface area (Å²) >= 11 is -0.826. The molecule has 4 heteroatoms. The van der Waals surface area contributed by atoms with Crippen LogP contribution in [0.2, 0.25) is 0 Å². The van der Waals surface area contributed by atoms with E-state index in [-0.39, 0.29) is 5.54 Å². The first kappa shape index (κ1) is 12.1. The summed E-state index contributed by atoms with van der Waals surface area (Å²) < 4.78 is 0. The average Bonchev–Trinajstić information content (AvgIpc) is 1.27. The molecular formula is C4H10Cl2NZr-. The first-order chi connectivity index (χ1) is 3.41. The van der Waals surface area contributed by atoms with E-state index in [4.69, 9.17) is 22.8 Å². The number of hydrogen-bond donors (Lipinski definition) is 0. The number of nitrogens with one attached hydrogen (secondary N) is 1. The van der Waals surface area contributed by atoms with E-state index < -0.39 is 20.8 Å². The normalized spacial score (nSPS) is 9.25. The fraction of sp³-hybridized carbons (Fsp3) is 1.00. The Labute approximate surface area is 69.6 Å². The van der Waals surface area contributed by atoms with Crippen molar-refractivity contribution in [3.63, 3.8) is 0 Å². The quantitative estimate of drug-likeness (QED) is 0.614. The van der Waals surface area contributed by atoms with Crippen molar-refractivity contribution in [3.05, 3.63) is 5.73 Å². The third-order valence-electron chi connectivity index (χ3n) is 0. The summed E-state index contributed by atoms with van der Waals surface area (Å²) in [5.74, 6) is 0. The molecule has 50 valence electrons. The summed E-state index contributed by atoms with van der Waals surface area (Å²) in [6, 6.07) is 0. The van der Waals surface area contributed by atoms with Crippen molar-refractivity contribution in [2.24, 2.45) is 0 Å². The molecule has 0 aliphatic carbocycles. The van der Waals surface area contributed by atoms with Crippen LogP contribution in [-0.2, 0) is 20.8 Å². The summed E-state index contributed by atoms with van der Waals surface area (Å²) in [6.07, 6.45) is 0. The molecule has 1 nitrogen and oxygen atoms in total. The number of halogens is 2. The number of hydrogen-bond acceptors (Lipinski definition) is 0. The Morgan fingerprint density at radius 3 is 1.25 bits per heavy atom. The second-order valence-electron chi connectivity index (χ2n) is 2.32. The molecule has 0 rings (SSSR count). The van der Waals surface area contributed by atoms with Gasteiger partial charge >= 0.3 is 37.9 Å². The van der Waals surface area contributed by atoms with Gasteiger partial charge in [0.25, 0.3) is 0 Å². The molecule has 0 aromatic rings. The van der Waals surface area contributed by atoms with Crippen molar-refractivity contribution in [3.8, 4) is 0 Å². The molecule has 1 N–H and O–H groups in total. The SMILES string of the molecule is CC(C)(C)[NH-].[Cl][Zr][Cl]. The first-order valence-corrected chi connectivity index (χ1v) is 8.46. The molecule has 0 aromatic heterocycles. The molecule has 0 aliphatic rings. The van der Waals surface area contributed by atoms with Crippen molar-refractivity contribution in [2.45, 2.75) is 26.3 Å². The van der Waals surface area contributed by atoms with Gasteiger partial charge in [-0.2, -0.15) is 0 Å². The van der Waals surface area contributed by atoms with Gasteiger partial charge in [-0.3, -0.25) is 0 Å². The average molecular weight is 234 g/mol. The maximum atomic E-state index is 6.94. The summed E-state index contributed by atoms with van der Waals surface area (Å²) in [7, 11) is 9.87. The van der Waals surface area contributed by atoms with Crippen molar-refractivity contribution < 1.29 is 20.8 Å². The van der Waals surface area contributed by atoms with E-state index in [2.05, 4.69) is 0 Å². The predicted octanol–water partition coefficient (Wildman–Crippen LogP) is 3.21. The Bertz CT molecular complexity index is 37.8. The third kappa shape index (κ3) is 151. The fourth-order valence-electron chi connectivity index (χ4n) is 0. The van der Waals surface area contributed by atoms with Gasteiger partial charge in [-0.05, 0) is 0 Å². The van der Waals surface area contributed by atoms with Crippen LogP contribution in [0.4, 0.5) is 0 Å². The van der Waals surface area contributed by atoms with E-state index in [0.717, 1.165) is 0 Å². The molecule has 0 radical (unpaired) electrons. The zero-order valence-corrected chi connectivity index (χ0v) is 9.23. The summed E-state index contributed by atoms with van der Waals surface area (Å²) in [4.78, 5) is 0. The van der Waals surface area contributed by atoms with E-state index >= 15 is 0 Å². The van der Waals surface area contributed by atoms with Gasteiger partial charge < -0.3 is 5.73 Å². The van der Waals surface area contributed by atoms with Gasteiger partial charge in [0.05, 0.1) is 0 Å². The van der Waals surface area contributed by atoms with Crippen LogP contribution in [0.5, 0.6) is 0 Å². The molecule has 8 heavy (non-hydrogen) atoms. The van der Waals surface area contributed by atoms with Crippen LogP contribution in [0.3, 0.4) is 0 Å². The van der Waals surface area contributed by atoms with Gasteiger partial charge in [0, 0.05) is 0 Å². The molecule has 0 fully saturated rings. The Morgan fingerprint density at radius 2 is 1.25 bits per heavy atom. The molecule has 0 saturated carbocycles. The van der Waals surface area contributed by atoms with E-state index in [1.807, 2.05) is 20.8 Å². The van der Waals surface area contributed by atoms with Gasteiger partial charge in [-0.25, -0.2) is 0 Å². The third-order valence-corrected chi connectivity index (χ3v) is 0. The van der Waals surface area contributed by atoms with E-state index in [9.17, 15) is 0 Å². The van der Waals surface area contributed by atoms with Gasteiger partial charge in [0.2, 0.25) is 0 Å². The molecule has 0 bridgehead atoms. The number of rotatable bonds is 0. The van der Waals surface area contributed by atoms with Crippen molar-refractivity contribution >= 4 is 17.0 Å². The molecule has 0 unspecified atom stereocenters. The Morgan fingerprint density at radius 1 is 1.25 bits per heavy atom. The zero-order chi connectivity index (χ0) is 7.21. The summed E-state index contributed by atoms with van der Waals surface area (Å²) in [5, 5.41) is 0. The van der Waals surface area contributed by atoms with Crippen LogP contribution in [0.1, 0.15) is 20.8 Å². The van der Waals surface area contributed by atoms with Crippen LogP contribution in [0.15, 0.2) is 0 Å². The van der Waals surface area contributed by atoms with Crippen LogP contribution in [0, 0.1) is 0 Å². The first-order valence-electron chi connectivity index (χ1n) is 2.13. The van der Waals surface area contributed by atoms with Crippen molar-refractivity contribution in [1.82, 2.24) is 0 Å². The Kier molecular flexibility index (Phi) is 9.92. The van der Waals surface area contributed by atoms with Gasteiger partial charge in [0.1, 0.15) is 0 Å². The molecule has 0 aliphatic heterocycles. The van der Waals surface area contributed by atoms with Gasteiger partial charge in [-0.1, -0.05) is 20.8 Å². The molecule has 0 spiro atoms. The molecule has 0 heterocycles. The Balaban J connectivity index is 0. The van der Waals surface area contributed by atoms with Gasteiger partial charge in [-0.15, -0.1) is 5.54 Å². The Hall–Kier alpha value is 1.42. The van der Waals surface area contributed by atoms with Crippen LogP contribution in [0.25, 0.3) is 5.73 Å². The van der Waals surface area contributed by atoms with Gasteiger partial charge in [0.15, 0.2) is 0 Å². The predicted molar refractivity (Wildman–Crippen MR) is 35.8 cm³/mol. The van der Waals surface area contributed by atoms with E-state index in [1.165, 1.54) is 0 Å². The standard InChI is InChI=1S/C4H10N.2ClH.Zr/c1-4(2,3)5;;;/h5H,1-3H3;2*1H;/q-1;;;+2/p-2. The second-order valence-corrected chi connectivity index (χ2v) is 6.05. The monoisotopic (exact) mass is 232 g/mol. The molecule has 0 atom stereocenters. The van der Waals surface area contributed by atoms with Crippen LogP contribution in [-0.4, -0.2) is 5.54 Å².